The number of nitrogens with two attached hydrogens (primary N) is 1. The molecule has 1 rings (SSSR count). The minimum Gasteiger partial charge on any atom is -0.465 e. The predicted molar refractivity (Wildman–Crippen MR) is 56.5 cm³/mol. The average Bonchev–Trinajstić information content (AvgIpc) is 2.09. The molecule has 0 heterocycles. The number of anilines is 2. The van der Waals surface area contributed by atoms with Gasteiger partial charge in [-0.05, 0) is 24.1 Å². The van der Waals surface area contributed by atoms with Crippen LogP contribution in [0.2, 0.25) is 0 Å². The van der Waals surface area contributed by atoms with Crippen molar-refractivity contribution in [3.8, 4) is 0 Å². The molecule has 4 nitrogen and oxygen atoms in total. The van der Waals surface area contributed by atoms with Crippen molar-refractivity contribution in [2.75, 3.05) is 11.1 Å². The molecule has 1 aromatic rings. The van der Waals surface area contributed by atoms with Crippen LogP contribution in [0.1, 0.15) is 18.9 Å². The Kier molecular flexibility index (Phi) is 3.34. The molecule has 0 saturated heterocycles. The van der Waals surface area contributed by atoms with Crippen molar-refractivity contribution in [1.29, 1.82) is 0 Å². The Hall–Kier alpha value is -1.71. The van der Waals surface area contributed by atoms with Gasteiger partial charge in [0.15, 0.2) is 0 Å². The molecule has 0 atom stereocenters. The van der Waals surface area contributed by atoms with Gasteiger partial charge in [-0.3, -0.25) is 5.32 Å². The summed E-state index contributed by atoms with van der Waals surface area (Å²) in [6.07, 6.45) is 0.863. The van der Waals surface area contributed by atoms with E-state index in [0.29, 0.717) is 11.4 Å². The first-order valence-electron chi connectivity index (χ1n) is 4.52. The van der Waals surface area contributed by atoms with Crippen LogP contribution in [0.15, 0.2) is 18.2 Å². The van der Waals surface area contributed by atoms with Crippen LogP contribution in [0.4, 0.5) is 16.2 Å². The SMILES string of the molecule is CCCc1ccc(NC(=O)O)cc1N. The van der Waals surface area contributed by atoms with Crippen molar-refractivity contribution in [3.05, 3.63) is 23.8 Å². The van der Waals surface area contributed by atoms with E-state index in [0.717, 1.165) is 18.4 Å². The molecule has 0 radical (unpaired) electrons. The third kappa shape index (κ3) is 2.65. The fourth-order valence-electron chi connectivity index (χ4n) is 1.29. The first-order valence-corrected chi connectivity index (χ1v) is 4.52. The van der Waals surface area contributed by atoms with E-state index in [4.69, 9.17) is 10.8 Å². The van der Waals surface area contributed by atoms with Gasteiger partial charge in [0.2, 0.25) is 0 Å². The Labute approximate surface area is 82.7 Å². The fourth-order valence-corrected chi connectivity index (χ4v) is 1.29. The highest BCUT2D eigenvalue weighted by molar-refractivity contribution is 5.83. The lowest BCUT2D eigenvalue weighted by molar-refractivity contribution is 0.210. The van der Waals surface area contributed by atoms with Crippen LogP contribution in [0, 0.1) is 0 Å². The van der Waals surface area contributed by atoms with Crippen LogP contribution in [0.3, 0.4) is 0 Å². The molecule has 0 spiro atoms. The largest absolute Gasteiger partial charge is 0.465 e. The smallest absolute Gasteiger partial charge is 0.409 e. The van der Waals surface area contributed by atoms with Gasteiger partial charge in [-0.2, -0.15) is 0 Å². The number of carboxylic acid groups (broad SMARTS) is 1. The molecular weight excluding hydrogens is 180 g/mol. The molecule has 0 bridgehead atoms. The Morgan fingerprint density at radius 1 is 1.57 bits per heavy atom. The molecule has 4 N–H and O–H groups in total. The van der Waals surface area contributed by atoms with Gasteiger partial charge in [0.25, 0.3) is 0 Å². The van der Waals surface area contributed by atoms with Crippen molar-refractivity contribution < 1.29 is 9.90 Å². The first kappa shape index (κ1) is 10.4. The Morgan fingerprint density at radius 2 is 2.29 bits per heavy atom. The van der Waals surface area contributed by atoms with Crippen LogP contribution >= 0.6 is 0 Å². The molecule has 4 heteroatoms. The van der Waals surface area contributed by atoms with E-state index in [1.807, 2.05) is 6.07 Å². The van der Waals surface area contributed by atoms with Gasteiger partial charge >= 0.3 is 6.09 Å². The number of aryl methyl sites for hydroxylation is 1. The van der Waals surface area contributed by atoms with Crippen LogP contribution in [-0.4, -0.2) is 11.2 Å². The molecule has 0 aromatic heterocycles. The maximum Gasteiger partial charge on any atom is 0.409 e. The van der Waals surface area contributed by atoms with E-state index in [1.54, 1.807) is 12.1 Å². The second kappa shape index (κ2) is 4.50. The molecule has 0 aliphatic heterocycles. The molecule has 76 valence electrons. The van der Waals surface area contributed by atoms with E-state index >= 15 is 0 Å². The van der Waals surface area contributed by atoms with Gasteiger partial charge in [-0.1, -0.05) is 19.4 Å². The molecule has 1 amide bonds. The number of amides is 1. The van der Waals surface area contributed by atoms with E-state index in [9.17, 15) is 4.79 Å². The van der Waals surface area contributed by atoms with E-state index in [1.165, 1.54) is 0 Å². The summed E-state index contributed by atoms with van der Waals surface area (Å²) in [5, 5.41) is 10.7. The lowest BCUT2D eigenvalue weighted by atomic mass is 10.1. The zero-order valence-electron chi connectivity index (χ0n) is 8.08. The average molecular weight is 194 g/mol. The Bertz CT molecular complexity index is 337. The van der Waals surface area contributed by atoms with Crippen molar-refractivity contribution >= 4 is 17.5 Å². The summed E-state index contributed by atoms with van der Waals surface area (Å²) >= 11 is 0. The standard InChI is InChI=1S/C10H14N2O2/c1-2-3-7-4-5-8(6-9(7)11)12-10(13)14/h4-6,12H,2-3,11H2,1H3,(H,13,14). The topological polar surface area (TPSA) is 75.3 Å². The summed E-state index contributed by atoms with van der Waals surface area (Å²) in [6, 6.07) is 5.21. The van der Waals surface area contributed by atoms with Gasteiger partial charge in [0.1, 0.15) is 0 Å². The summed E-state index contributed by atoms with van der Waals surface area (Å²) < 4.78 is 0. The Balaban J connectivity index is 2.83. The van der Waals surface area contributed by atoms with Gasteiger partial charge in [0.05, 0.1) is 0 Å². The number of carbonyl (C=O) groups is 1. The summed E-state index contributed by atoms with van der Waals surface area (Å²) in [7, 11) is 0. The summed E-state index contributed by atoms with van der Waals surface area (Å²) in [6.45, 7) is 2.07. The predicted octanol–water partition coefficient (Wildman–Crippen LogP) is 2.31. The molecule has 14 heavy (non-hydrogen) atoms. The van der Waals surface area contributed by atoms with Gasteiger partial charge in [-0.15, -0.1) is 0 Å². The third-order valence-corrected chi connectivity index (χ3v) is 1.92. The van der Waals surface area contributed by atoms with E-state index in [-0.39, 0.29) is 0 Å². The van der Waals surface area contributed by atoms with Gasteiger partial charge in [-0.25, -0.2) is 4.79 Å². The third-order valence-electron chi connectivity index (χ3n) is 1.92. The maximum absolute atomic E-state index is 10.3. The van der Waals surface area contributed by atoms with Crippen molar-refractivity contribution in [2.45, 2.75) is 19.8 Å². The van der Waals surface area contributed by atoms with Gasteiger partial charge < -0.3 is 10.8 Å². The molecule has 1 aromatic carbocycles. The van der Waals surface area contributed by atoms with Crippen molar-refractivity contribution in [2.24, 2.45) is 0 Å². The molecule has 0 unspecified atom stereocenters. The highest BCUT2D eigenvalue weighted by Crippen LogP contribution is 2.19. The van der Waals surface area contributed by atoms with Crippen LogP contribution in [0.25, 0.3) is 0 Å². The molecule has 0 aliphatic rings. The van der Waals surface area contributed by atoms with Crippen LogP contribution in [-0.2, 0) is 6.42 Å². The monoisotopic (exact) mass is 194 g/mol. The zero-order chi connectivity index (χ0) is 10.6. The van der Waals surface area contributed by atoms with Crippen LogP contribution < -0.4 is 11.1 Å². The molecule has 0 saturated carbocycles. The number of rotatable bonds is 3. The van der Waals surface area contributed by atoms with E-state index in [2.05, 4.69) is 12.2 Å². The minimum atomic E-state index is -1.08. The fraction of sp³-hybridized carbons (Fsp3) is 0.300. The second-order valence-electron chi connectivity index (χ2n) is 3.09. The summed E-state index contributed by atoms with van der Waals surface area (Å²) in [5.41, 5.74) is 7.96. The van der Waals surface area contributed by atoms with Crippen LogP contribution in [0.5, 0.6) is 0 Å². The highest BCUT2D eigenvalue weighted by Gasteiger charge is 2.01. The summed E-state index contributed by atoms with van der Waals surface area (Å²) in [5.74, 6) is 0. The van der Waals surface area contributed by atoms with Crippen molar-refractivity contribution in [3.63, 3.8) is 0 Å². The number of nitrogen functional groups attached to an aromatic ring is 1. The van der Waals surface area contributed by atoms with E-state index < -0.39 is 6.09 Å². The summed E-state index contributed by atoms with van der Waals surface area (Å²) in [4.78, 5) is 10.3. The normalized spacial score (nSPS) is 9.79. The highest BCUT2D eigenvalue weighted by atomic mass is 16.4. The Morgan fingerprint density at radius 3 is 2.79 bits per heavy atom. The number of hydrogen-bond donors (Lipinski definition) is 3. The number of benzene rings is 1. The number of hydrogen-bond acceptors (Lipinski definition) is 2. The number of nitrogens with one attached hydrogen (secondary N) is 1. The molecule has 0 aliphatic carbocycles. The zero-order valence-corrected chi connectivity index (χ0v) is 8.08. The quantitative estimate of drug-likeness (QED) is 0.646. The second-order valence-corrected chi connectivity index (χ2v) is 3.09. The molecular formula is C10H14N2O2. The minimum absolute atomic E-state index is 0.509. The lowest BCUT2D eigenvalue weighted by Crippen LogP contribution is -2.07. The van der Waals surface area contributed by atoms with Gasteiger partial charge in [0, 0.05) is 11.4 Å². The van der Waals surface area contributed by atoms with Crippen molar-refractivity contribution in [1.82, 2.24) is 0 Å². The molecule has 0 fully saturated rings. The maximum atomic E-state index is 10.3. The lowest BCUT2D eigenvalue weighted by Gasteiger charge is -2.06. The first-order chi connectivity index (χ1) is 6.63.